The van der Waals surface area contributed by atoms with E-state index in [2.05, 4.69) is 12.2 Å². The van der Waals surface area contributed by atoms with Crippen LogP contribution in [0.4, 0.5) is 0 Å². The number of nitrogens with one attached hydrogen (secondary N) is 1. The van der Waals surface area contributed by atoms with Crippen LogP contribution >= 0.6 is 0 Å². The van der Waals surface area contributed by atoms with Gasteiger partial charge in [0, 0.05) is 25.4 Å². The van der Waals surface area contributed by atoms with Gasteiger partial charge in [0.1, 0.15) is 0 Å². The molecule has 1 amide bonds. The summed E-state index contributed by atoms with van der Waals surface area (Å²) in [4.78, 5) is 21.5. The minimum Gasteiger partial charge on any atom is -0.550 e. The van der Waals surface area contributed by atoms with Gasteiger partial charge in [0.2, 0.25) is 5.91 Å². The van der Waals surface area contributed by atoms with E-state index < -0.39 is 5.97 Å². The molecule has 0 aliphatic carbocycles. The molecule has 1 N–H and O–H groups in total. The molecule has 0 atom stereocenters. The molecule has 4 nitrogen and oxygen atoms in total. The van der Waals surface area contributed by atoms with Crippen LogP contribution in [0.15, 0.2) is 0 Å². The molecule has 0 heterocycles. The smallest absolute Gasteiger partial charge is 0.550 e. The van der Waals surface area contributed by atoms with Crippen molar-refractivity contribution in [3.8, 4) is 0 Å². The first-order valence-electron chi connectivity index (χ1n) is 7.63. The van der Waals surface area contributed by atoms with Gasteiger partial charge in [0.15, 0.2) is 0 Å². The van der Waals surface area contributed by atoms with E-state index in [4.69, 9.17) is 0 Å². The average Bonchev–Trinajstić information content (AvgIpc) is 2.36. The Bertz CT molecular complexity index is 247. The van der Waals surface area contributed by atoms with Crippen molar-refractivity contribution >= 4 is 11.9 Å². The second kappa shape index (κ2) is 16.6. The summed E-state index contributed by atoms with van der Waals surface area (Å²) >= 11 is 0. The van der Waals surface area contributed by atoms with Crippen LogP contribution in [0.25, 0.3) is 0 Å². The Morgan fingerprint density at radius 3 is 1.85 bits per heavy atom. The molecular weight excluding hydrogens is 249 g/mol. The second-order valence-electron chi connectivity index (χ2n) is 5.05. The van der Waals surface area contributed by atoms with Crippen LogP contribution in [-0.2, 0) is 9.59 Å². The van der Waals surface area contributed by atoms with Crippen LogP contribution < -0.4 is 29.3 Å². The third-order valence-electron chi connectivity index (χ3n) is 3.16. The topological polar surface area (TPSA) is 69.2 Å². The number of carboxylic acid groups (broad SMARTS) is 1. The molecule has 0 saturated carbocycles. The molecule has 0 bridgehead atoms. The fourth-order valence-electron chi connectivity index (χ4n) is 1.99. The zero-order valence-corrected chi connectivity index (χ0v) is 13.2. The standard InChI is InChI=1S/C15H29NO3.Li/c1-2-3-4-5-6-7-8-9-10-11-14(17)16-13-12-15(18)19;/h2-13H2,1H3,(H,16,17)(H,18,19);/q;+1/p-1. The summed E-state index contributed by atoms with van der Waals surface area (Å²) in [6, 6.07) is 0. The predicted octanol–water partition coefficient (Wildman–Crippen LogP) is -0.832. The number of rotatable bonds is 13. The van der Waals surface area contributed by atoms with Gasteiger partial charge in [-0.05, 0) is 6.42 Å². The summed E-state index contributed by atoms with van der Waals surface area (Å²) in [6.45, 7) is 2.40. The molecule has 0 aliphatic heterocycles. The van der Waals surface area contributed by atoms with Crippen molar-refractivity contribution < 1.29 is 33.6 Å². The molecular formula is C15H28LiNO3. The molecule has 0 aromatic rings. The summed E-state index contributed by atoms with van der Waals surface area (Å²) in [5, 5.41) is 12.7. The normalized spacial score (nSPS) is 9.85. The summed E-state index contributed by atoms with van der Waals surface area (Å²) in [7, 11) is 0. The Hall–Kier alpha value is -0.463. The largest absolute Gasteiger partial charge is 1.00 e. The Morgan fingerprint density at radius 1 is 0.850 bits per heavy atom. The maximum atomic E-state index is 11.3. The maximum absolute atomic E-state index is 11.3. The minimum absolute atomic E-state index is 0. The van der Waals surface area contributed by atoms with Gasteiger partial charge in [-0.3, -0.25) is 4.79 Å². The number of hydrogen-bond donors (Lipinski definition) is 1. The molecule has 0 fully saturated rings. The molecule has 0 spiro atoms. The fourth-order valence-corrected chi connectivity index (χ4v) is 1.99. The molecule has 0 rings (SSSR count). The number of hydrogen-bond acceptors (Lipinski definition) is 3. The van der Waals surface area contributed by atoms with Crippen molar-refractivity contribution in [2.45, 2.75) is 77.6 Å². The van der Waals surface area contributed by atoms with Gasteiger partial charge in [0.25, 0.3) is 0 Å². The molecule has 0 saturated heterocycles. The van der Waals surface area contributed by atoms with Crippen LogP contribution in [0, 0.1) is 0 Å². The monoisotopic (exact) mass is 277 g/mol. The quantitative estimate of drug-likeness (QED) is 0.353. The van der Waals surface area contributed by atoms with Crippen LogP contribution in [0.2, 0.25) is 0 Å². The van der Waals surface area contributed by atoms with Gasteiger partial charge >= 0.3 is 18.9 Å². The number of carbonyl (C=O) groups is 2. The maximum Gasteiger partial charge on any atom is 1.00 e. The van der Waals surface area contributed by atoms with Crippen LogP contribution in [-0.4, -0.2) is 18.4 Å². The molecule has 112 valence electrons. The summed E-state index contributed by atoms with van der Waals surface area (Å²) in [6.07, 6.45) is 11.4. The van der Waals surface area contributed by atoms with Gasteiger partial charge in [0.05, 0.1) is 0 Å². The van der Waals surface area contributed by atoms with E-state index in [-0.39, 0.29) is 37.7 Å². The third-order valence-corrected chi connectivity index (χ3v) is 3.16. The van der Waals surface area contributed by atoms with Gasteiger partial charge in [-0.25, -0.2) is 0 Å². The molecule has 0 unspecified atom stereocenters. The van der Waals surface area contributed by atoms with Gasteiger partial charge in [-0.15, -0.1) is 0 Å². The average molecular weight is 277 g/mol. The van der Waals surface area contributed by atoms with Crippen molar-refractivity contribution in [2.24, 2.45) is 0 Å². The third kappa shape index (κ3) is 17.5. The zero-order valence-electron chi connectivity index (χ0n) is 13.2. The van der Waals surface area contributed by atoms with E-state index in [1.165, 1.54) is 44.9 Å². The van der Waals surface area contributed by atoms with Crippen molar-refractivity contribution in [3.63, 3.8) is 0 Å². The summed E-state index contributed by atoms with van der Waals surface area (Å²) in [5.74, 6) is -1.17. The SMILES string of the molecule is CCCCCCCCCCCC(=O)NCCC(=O)[O-].[Li+]. The van der Waals surface area contributed by atoms with E-state index in [9.17, 15) is 14.7 Å². The van der Waals surface area contributed by atoms with Crippen LogP contribution in [0.1, 0.15) is 77.6 Å². The Labute approximate surface area is 135 Å². The molecule has 0 radical (unpaired) electrons. The van der Waals surface area contributed by atoms with E-state index in [1.807, 2.05) is 0 Å². The van der Waals surface area contributed by atoms with Gasteiger partial charge in [-0.1, -0.05) is 58.3 Å². The second-order valence-corrected chi connectivity index (χ2v) is 5.05. The fraction of sp³-hybridized carbons (Fsp3) is 0.867. The van der Waals surface area contributed by atoms with Crippen LogP contribution in [0.5, 0.6) is 0 Å². The minimum atomic E-state index is -1.12. The van der Waals surface area contributed by atoms with E-state index >= 15 is 0 Å². The van der Waals surface area contributed by atoms with Gasteiger partial charge < -0.3 is 15.2 Å². The molecule has 0 aliphatic rings. The summed E-state index contributed by atoms with van der Waals surface area (Å²) < 4.78 is 0. The van der Waals surface area contributed by atoms with E-state index in [0.29, 0.717) is 6.42 Å². The molecule has 0 aromatic carbocycles. The number of unbranched alkanes of at least 4 members (excludes halogenated alkanes) is 8. The van der Waals surface area contributed by atoms with E-state index in [0.717, 1.165) is 12.8 Å². The molecule has 20 heavy (non-hydrogen) atoms. The Kier molecular flexibility index (Phi) is 18.1. The van der Waals surface area contributed by atoms with Crippen LogP contribution in [0.3, 0.4) is 0 Å². The number of carboxylic acids is 1. The van der Waals surface area contributed by atoms with E-state index in [1.54, 1.807) is 0 Å². The molecule has 5 heteroatoms. The first-order valence-corrected chi connectivity index (χ1v) is 7.63. The number of carbonyl (C=O) groups excluding carboxylic acids is 2. The first-order chi connectivity index (χ1) is 9.16. The zero-order chi connectivity index (χ0) is 14.3. The molecule has 0 aromatic heterocycles. The first kappa shape index (κ1) is 21.8. The van der Waals surface area contributed by atoms with Crippen molar-refractivity contribution in [3.05, 3.63) is 0 Å². The Morgan fingerprint density at radius 2 is 1.35 bits per heavy atom. The summed E-state index contributed by atoms with van der Waals surface area (Å²) in [5.41, 5.74) is 0. The van der Waals surface area contributed by atoms with Crippen molar-refractivity contribution in [2.75, 3.05) is 6.54 Å². The van der Waals surface area contributed by atoms with Crippen molar-refractivity contribution in [1.29, 1.82) is 0 Å². The predicted molar refractivity (Wildman–Crippen MR) is 74.5 cm³/mol. The Balaban J connectivity index is 0. The number of amides is 1. The number of aliphatic carboxylic acids is 1. The van der Waals surface area contributed by atoms with Gasteiger partial charge in [-0.2, -0.15) is 0 Å². The van der Waals surface area contributed by atoms with Crippen molar-refractivity contribution in [1.82, 2.24) is 5.32 Å².